The lowest BCUT2D eigenvalue weighted by molar-refractivity contribution is -0.216. The van der Waals surface area contributed by atoms with Gasteiger partial charge in [-0.2, -0.15) is 0 Å². The van der Waals surface area contributed by atoms with Crippen molar-refractivity contribution in [3.8, 4) is 0 Å². The van der Waals surface area contributed by atoms with E-state index in [9.17, 15) is 9.90 Å². The van der Waals surface area contributed by atoms with Crippen molar-refractivity contribution in [3.05, 3.63) is 23.5 Å². The van der Waals surface area contributed by atoms with Crippen LogP contribution in [-0.4, -0.2) is 45.9 Å². The van der Waals surface area contributed by atoms with Crippen LogP contribution in [0.25, 0.3) is 0 Å². The summed E-state index contributed by atoms with van der Waals surface area (Å²) < 4.78 is 12.9. The van der Waals surface area contributed by atoms with Crippen molar-refractivity contribution in [3.63, 3.8) is 0 Å². The van der Waals surface area contributed by atoms with E-state index in [-0.39, 0.29) is 6.61 Å². The van der Waals surface area contributed by atoms with Gasteiger partial charge in [-0.05, 0) is 18.6 Å². The maximum absolute atomic E-state index is 10.9. The number of ether oxygens (including phenoxy) is 2. The summed E-state index contributed by atoms with van der Waals surface area (Å²) in [5.74, 6) is -0.934. The van der Waals surface area contributed by atoms with Crippen LogP contribution in [0.15, 0.2) is 12.1 Å². The standard InChI is InChI=1S/C12H15NO5/c14-5-9-2-1-8-3-4-12(7-13(8)9)17-10(6-15)11(16)18-12/h1-2,5,10-11,15-16H,3-4,6-7H2/t10-,11+,12-/m1/s1. The first-order valence-corrected chi connectivity index (χ1v) is 5.95. The van der Waals surface area contributed by atoms with Crippen LogP contribution in [0.4, 0.5) is 0 Å². The van der Waals surface area contributed by atoms with Crippen LogP contribution in [0.2, 0.25) is 0 Å². The largest absolute Gasteiger partial charge is 0.393 e. The highest BCUT2D eigenvalue weighted by atomic mass is 16.8. The summed E-state index contributed by atoms with van der Waals surface area (Å²) in [6.07, 6.45) is 0.257. The predicted molar refractivity (Wildman–Crippen MR) is 59.9 cm³/mol. The van der Waals surface area contributed by atoms with Crippen LogP contribution >= 0.6 is 0 Å². The Morgan fingerprint density at radius 1 is 1.50 bits per heavy atom. The zero-order chi connectivity index (χ0) is 12.8. The molecular formula is C12H15NO5. The number of aliphatic hydroxyl groups is 2. The Labute approximate surface area is 104 Å². The molecule has 6 nitrogen and oxygen atoms in total. The van der Waals surface area contributed by atoms with Gasteiger partial charge in [-0.25, -0.2) is 0 Å². The molecule has 0 bridgehead atoms. The SMILES string of the molecule is O=Cc1ccc2n1C[C@@]1(CC2)O[C@H](O)[C@@H](CO)O1. The van der Waals surface area contributed by atoms with Gasteiger partial charge in [-0.1, -0.05) is 0 Å². The minimum atomic E-state index is -1.12. The van der Waals surface area contributed by atoms with E-state index in [2.05, 4.69) is 0 Å². The molecule has 0 aromatic carbocycles. The first-order chi connectivity index (χ1) is 8.67. The summed E-state index contributed by atoms with van der Waals surface area (Å²) in [5, 5.41) is 18.7. The summed E-state index contributed by atoms with van der Waals surface area (Å²) in [6.45, 7) is 0.0684. The number of rotatable bonds is 2. The molecule has 6 heteroatoms. The highest BCUT2D eigenvalue weighted by Gasteiger charge is 2.48. The zero-order valence-electron chi connectivity index (χ0n) is 9.78. The summed E-state index contributed by atoms with van der Waals surface area (Å²) >= 11 is 0. The van der Waals surface area contributed by atoms with Crippen molar-refractivity contribution in [2.24, 2.45) is 0 Å². The summed E-state index contributed by atoms with van der Waals surface area (Å²) in [6, 6.07) is 3.67. The number of hydrogen-bond acceptors (Lipinski definition) is 5. The highest BCUT2D eigenvalue weighted by Crippen LogP contribution is 2.37. The Morgan fingerprint density at radius 2 is 2.33 bits per heavy atom. The van der Waals surface area contributed by atoms with Crippen molar-refractivity contribution in [2.75, 3.05) is 6.61 Å². The lowest BCUT2D eigenvalue weighted by Gasteiger charge is -2.33. The number of aryl methyl sites for hydroxylation is 1. The van der Waals surface area contributed by atoms with E-state index in [1.54, 1.807) is 6.07 Å². The second-order valence-corrected chi connectivity index (χ2v) is 4.71. The maximum Gasteiger partial charge on any atom is 0.190 e. The third kappa shape index (κ3) is 1.69. The molecule has 0 saturated carbocycles. The normalized spacial score (nSPS) is 34.8. The molecule has 1 aromatic rings. The molecule has 1 aromatic heterocycles. The Kier molecular flexibility index (Phi) is 2.74. The molecule has 2 aliphatic rings. The smallest absolute Gasteiger partial charge is 0.190 e. The minimum Gasteiger partial charge on any atom is -0.393 e. The van der Waals surface area contributed by atoms with Gasteiger partial charge in [0.1, 0.15) is 6.10 Å². The Bertz CT molecular complexity index is 471. The number of aldehydes is 1. The monoisotopic (exact) mass is 253 g/mol. The molecule has 1 spiro atoms. The van der Waals surface area contributed by atoms with Crippen LogP contribution < -0.4 is 0 Å². The number of nitrogens with zero attached hydrogens (tertiary/aromatic N) is 1. The number of carbonyl (C=O) groups is 1. The average Bonchev–Trinajstić information content (AvgIpc) is 2.90. The van der Waals surface area contributed by atoms with Crippen LogP contribution in [0, 0.1) is 0 Å². The predicted octanol–water partition coefficient (Wildman–Crippen LogP) is -0.331. The van der Waals surface area contributed by atoms with Crippen molar-refractivity contribution in [1.82, 2.24) is 4.57 Å². The van der Waals surface area contributed by atoms with Gasteiger partial charge in [0.05, 0.1) is 18.8 Å². The van der Waals surface area contributed by atoms with Gasteiger partial charge in [0.25, 0.3) is 0 Å². The molecular weight excluding hydrogens is 238 g/mol. The Morgan fingerprint density at radius 3 is 3.00 bits per heavy atom. The fourth-order valence-corrected chi connectivity index (χ4v) is 2.66. The maximum atomic E-state index is 10.9. The van der Waals surface area contributed by atoms with E-state index in [0.717, 1.165) is 12.0 Å². The lowest BCUT2D eigenvalue weighted by atomic mass is 10.0. The van der Waals surface area contributed by atoms with Crippen LogP contribution in [-0.2, 0) is 22.4 Å². The van der Waals surface area contributed by atoms with Gasteiger partial charge in [-0.15, -0.1) is 0 Å². The number of aliphatic hydroxyl groups excluding tert-OH is 2. The van der Waals surface area contributed by atoms with E-state index in [1.807, 2.05) is 10.6 Å². The molecule has 2 aliphatic heterocycles. The molecule has 18 heavy (non-hydrogen) atoms. The topological polar surface area (TPSA) is 80.9 Å². The van der Waals surface area contributed by atoms with Crippen molar-refractivity contribution >= 4 is 6.29 Å². The van der Waals surface area contributed by atoms with Gasteiger partial charge in [0, 0.05) is 12.1 Å². The van der Waals surface area contributed by atoms with Crippen LogP contribution in [0.1, 0.15) is 22.6 Å². The zero-order valence-corrected chi connectivity index (χ0v) is 9.78. The second kappa shape index (κ2) is 4.17. The highest BCUT2D eigenvalue weighted by molar-refractivity contribution is 5.72. The van der Waals surface area contributed by atoms with Crippen molar-refractivity contribution in [1.29, 1.82) is 0 Å². The summed E-state index contributed by atoms with van der Waals surface area (Å²) in [4.78, 5) is 10.9. The Hall–Kier alpha value is -1.21. The van der Waals surface area contributed by atoms with Crippen LogP contribution in [0.3, 0.4) is 0 Å². The molecule has 3 atom stereocenters. The lowest BCUT2D eigenvalue weighted by Crippen LogP contribution is -2.41. The molecule has 1 saturated heterocycles. The minimum absolute atomic E-state index is 0.290. The molecule has 3 rings (SSSR count). The molecule has 0 aliphatic carbocycles. The van der Waals surface area contributed by atoms with E-state index < -0.39 is 18.2 Å². The quantitative estimate of drug-likeness (QED) is 0.705. The van der Waals surface area contributed by atoms with E-state index >= 15 is 0 Å². The number of carbonyl (C=O) groups excluding carboxylic acids is 1. The fraction of sp³-hybridized carbons (Fsp3) is 0.583. The number of aromatic nitrogens is 1. The Balaban J connectivity index is 1.88. The second-order valence-electron chi connectivity index (χ2n) is 4.71. The average molecular weight is 253 g/mol. The van der Waals surface area contributed by atoms with Gasteiger partial charge in [0.15, 0.2) is 18.4 Å². The molecule has 0 amide bonds. The third-order valence-electron chi connectivity index (χ3n) is 3.59. The molecule has 0 radical (unpaired) electrons. The molecule has 2 N–H and O–H groups in total. The number of fused-ring (bicyclic) bond motifs is 1. The van der Waals surface area contributed by atoms with Crippen molar-refractivity contribution in [2.45, 2.75) is 37.6 Å². The number of hydrogen-bond donors (Lipinski definition) is 2. The van der Waals surface area contributed by atoms with E-state index in [1.165, 1.54) is 0 Å². The van der Waals surface area contributed by atoms with Gasteiger partial charge >= 0.3 is 0 Å². The molecule has 98 valence electrons. The van der Waals surface area contributed by atoms with E-state index in [4.69, 9.17) is 14.6 Å². The first-order valence-electron chi connectivity index (χ1n) is 5.95. The van der Waals surface area contributed by atoms with E-state index in [0.29, 0.717) is 25.1 Å². The van der Waals surface area contributed by atoms with Gasteiger partial charge in [0.2, 0.25) is 0 Å². The molecule has 3 heterocycles. The molecule has 0 unspecified atom stereocenters. The fourth-order valence-electron chi connectivity index (χ4n) is 2.66. The van der Waals surface area contributed by atoms with Gasteiger partial charge in [-0.3, -0.25) is 4.79 Å². The van der Waals surface area contributed by atoms with Crippen LogP contribution in [0.5, 0.6) is 0 Å². The summed E-state index contributed by atoms with van der Waals surface area (Å²) in [7, 11) is 0. The summed E-state index contributed by atoms with van der Waals surface area (Å²) in [5.41, 5.74) is 1.62. The van der Waals surface area contributed by atoms with Crippen molar-refractivity contribution < 1.29 is 24.5 Å². The van der Waals surface area contributed by atoms with Gasteiger partial charge < -0.3 is 24.3 Å². The molecule has 1 fully saturated rings. The third-order valence-corrected chi connectivity index (χ3v) is 3.59. The first kappa shape index (κ1) is 11.9.